The Hall–Kier alpha value is 0.418. The van der Waals surface area contributed by atoms with Crippen LogP contribution in [-0.2, 0) is 13.3 Å². The predicted molar refractivity (Wildman–Crippen MR) is 31.7 cm³/mol. The van der Waals surface area contributed by atoms with E-state index in [2.05, 4.69) is 3.73 Å². The first-order valence-electron chi connectivity index (χ1n) is 2.48. The fourth-order valence-corrected chi connectivity index (χ4v) is 0.620. The van der Waals surface area contributed by atoms with Crippen LogP contribution in [0.15, 0.2) is 0 Å². The second kappa shape index (κ2) is 6.88. The first-order valence-corrected chi connectivity index (χ1v) is 3.47. The van der Waals surface area contributed by atoms with Crippen LogP contribution in [0.5, 0.6) is 0 Å². The summed E-state index contributed by atoms with van der Waals surface area (Å²) in [6.07, 6.45) is -4.31. The van der Waals surface area contributed by atoms with Gasteiger partial charge in [0.2, 0.25) is 0 Å². The van der Waals surface area contributed by atoms with Gasteiger partial charge in [0, 0.05) is 0 Å². The fourth-order valence-electron chi connectivity index (χ4n) is 0.328. The topological polar surface area (TPSA) is 107 Å². The van der Waals surface area contributed by atoms with Crippen LogP contribution in [0.4, 0.5) is 0 Å². The molecule has 0 aromatic rings. The zero-order valence-electron chi connectivity index (χ0n) is 6.26. The SMILES string of the molecule is O=C([O-])C(O)C(O)C(=O)O[AsH2].[Na+]. The molecule has 0 rings (SSSR count). The summed E-state index contributed by atoms with van der Waals surface area (Å²) in [6, 6.07) is 0. The Kier molecular flexibility index (Phi) is 8.56. The van der Waals surface area contributed by atoms with Gasteiger partial charge >= 0.3 is 99.5 Å². The number of hydrogen-bond donors (Lipinski definition) is 2. The van der Waals surface area contributed by atoms with Gasteiger partial charge < -0.3 is 0 Å². The fraction of sp³-hybridized carbons (Fsp3) is 0.500. The van der Waals surface area contributed by atoms with Gasteiger partial charge in [-0.25, -0.2) is 0 Å². The Bertz CT molecular complexity index is 173. The molecule has 0 aromatic carbocycles. The van der Waals surface area contributed by atoms with E-state index in [-0.39, 0.29) is 29.6 Å². The standard InChI is InChI=1S/C4H7AsO6.Na/c5-11-4(10)2(7)1(6)3(8)9;/h1-2,6-7H,5H2,(H,8,9);/q;+1/p-1. The molecule has 0 spiro atoms. The number of hydrogen-bond acceptors (Lipinski definition) is 6. The molecule has 3 unspecified atom stereocenters. The van der Waals surface area contributed by atoms with Gasteiger partial charge in [-0.15, -0.1) is 0 Å². The Morgan fingerprint density at radius 2 is 1.75 bits per heavy atom. The summed E-state index contributed by atoms with van der Waals surface area (Å²) in [4.78, 5) is 20.2. The van der Waals surface area contributed by atoms with Gasteiger partial charge in [0.1, 0.15) is 0 Å². The number of carboxylic acids is 1. The van der Waals surface area contributed by atoms with Crippen LogP contribution in [-0.4, -0.2) is 51.6 Å². The quantitative estimate of drug-likeness (QED) is 0.480. The minimum absolute atomic E-state index is 0. The molecule has 0 saturated heterocycles. The average Bonchev–Trinajstić information content (AvgIpc) is 2.00. The molecule has 0 aliphatic rings. The minimum atomic E-state index is -2.24. The van der Waals surface area contributed by atoms with E-state index in [1.54, 1.807) is 0 Å². The summed E-state index contributed by atoms with van der Waals surface area (Å²) in [5, 5.41) is 26.9. The summed E-state index contributed by atoms with van der Waals surface area (Å²) in [5.41, 5.74) is 0. The van der Waals surface area contributed by atoms with E-state index >= 15 is 0 Å². The van der Waals surface area contributed by atoms with Gasteiger partial charge in [0.25, 0.3) is 0 Å². The second-order valence-corrected chi connectivity index (χ2v) is 2.14. The molecule has 12 heavy (non-hydrogen) atoms. The van der Waals surface area contributed by atoms with Crippen molar-refractivity contribution in [2.75, 3.05) is 0 Å². The predicted octanol–water partition coefficient (Wildman–Crippen LogP) is -7.45. The molecule has 0 saturated carbocycles. The van der Waals surface area contributed by atoms with Crippen LogP contribution < -0.4 is 34.7 Å². The van der Waals surface area contributed by atoms with Crippen molar-refractivity contribution < 1.29 is 58.2 Å². The maximum atomic E-state index is 10.3. The molecule has 3 atom stereocenters. The summed E-state index contributed by atoms with van der Waals surface area (Å²) in [7, 11) is 0. The van der Waals surface area contributed by atoms with Crippen molar-refractivity contribution >= 4 is 29.1 Å². The zero-order chi connectivity index (χ0) is 9.02. The number of aliphatic hydroxyl groups is 2. The van der Waals surface area contributed by atoms with Crippen molar-refractivity contribution in [1.82, 2.24) is 0 Å². The first-order chi connectivity index (χ1) is 5.00. The van der Waals surface area contributed by atoms with Crippen molar-refractivity contribution in [1.29, 1.82) is 0 Å². The number of carboxylic acid groups (broad SMARTS) is 1. The van der Waals surface area contributed by atoms with Crippen LogP contribution in [0.25, 0.3) is 0 Å². The Labute approximate surface area is 99.0 Å². The van der Waals surface area contributed by atoms with Crippen molar-refractivity contribution in [2.24, 2.45) is 0 Å². The summed E-state index contributed by atoms with van der Waals surface area (Å²) in [6.45, 7) is 0. The van der Waals surface area contributed by atoms with E-state index in [1.165, 1.54) is 0 Å². The minimum Gasteiger partial charge on any atom is 1.00 e. The molecule has 0 radical (unpaired) electrons. The van der Waals surface area contributed by atoms with Gasteiger partial charge in [-0.05, 0) is 0 Å². The summed E-state index contributed by atoms with van der Waals surface area (Å²) >= 11 is 0.536. The Balaban J connectivity index is 0. The second-order valence-electron chi connectivity index (χ2n) is 1.65. The molecule has 0 aromatic heterocycles. The third-order valence-corrected chi connectivity index (χ3v) is 1.39. The number of carbonyl (C=O) groups excluding carboxylic acids is 2. The Morgan fingerprint density at radius 3 is 2.00 bits per heavy atom. The van der Waals surface area contributed by atoms with Crippen LogP contribution in [0, 0.1) is 0 Å². The zero-order valence-corrected chi connectivity index (χ0v) is 10.7. The molecule has 0 aliphatic carbocycles. The van der Waals surface area contributed by atoms with Crippen LogP contribution in [0.1, 0.15) is 0 Å². The van der Waals surface area contributed by atoms with Crippen molar-refractivity contribution in [2.45, 2.75) is 12.2 Å². The molecule has 0 fully saturated rings. The number of aliphatic carboxylic acids is 1. The third kappa shape index (κ3) is 4.45. The first kappa shape index (κ1) is 14.9. The van der Waals surface area contributed by atoms with E-state index in [9.17, 15) is 14.7 Å². The van der Waals surface area contributed by atoms with Gasteiger partial charge in [-0.2, -0.15) is 0 Å². The van der Waals surface area contributed by atoms with E-state index < -0.39 is 24.1 Å². The number of aliphatic hydroxyl groups excluding tert-OH is 2. The molecule has 2 N–H and O–H groups in total. The van der Waals surface area contributed by atoms with Crippen molar-refractivity contribution in [3.8, 4) is 0 Å². The molecule has 0 bridgehead atoms. The number of rotatable bonds is 3. The van der Waals surface area contributed by atoms with Crippen LogP contribution in [0.3, 0.4) is 0 Å². The third-order valence-electron chi connectivity index (χ3n) is 0.898. The monoisotopic (exact) mass is 248 g/mol. The number of carbonyl (C=O) groups is 2. The molecule has 8 heteroatoms. The van der Waals surface area contributed by atoms with Crippen LogP contribution >= 0.6 is 0 Å². The van der Waals surface area contributed by atoms with Crippen molar-refractivity contribution in [3.63, 3.8) is 0 Å². The van der Waals surface area contributed by atoms with Crippen LogP contribution in [0.2, 0.25) is 0 Å². The normalized spacial score (nSPS) is 13.9. The van der Waals surface area contributed by atoms with Gasteiger partial charge in [-0.1, -0.05) is 0 Å². The maximum absolute atomic E-state index is 10.3. The van der Waals surface area contributed by atoms with E-state index in [4.69, 9.17) is 10.2 Å². The summed E-state index contributed by atoms with van der Waals surface area (Å²) in [5.74, 6) is -3.11. The molecule has 0 aliphatic heterocycles. The van der Waals surface area contributed by atoms with Crippen molar-refractivity contribution in [3.05, 3.63) is 0 Å². The van der Waals surface area contributed by atoms with E-state index in [1.807, 2.05) is 0 Å². The van der Waals surface area contributed by atoms with Gasteiger partial charge in [0.15, 0.2) is 0 Å². The maximum Gasteiger partial charge on any atom is 1.00 e. The summed E-state index contributed by atoms with van der Waals surface area (Å²) < 4.78 is 4.01. The molecular weight excluding hydrogens is 242 g/mol. The molecule has 0 amide bonds. The molecular formula is C4H6AsNaO6. The smallest absolute Gasteiger partial charge is 1.00 e. The largest absolute Gasteiger partial charge is 1.00 e. The van der Waals surface area contributed by atoms with E-state index in [0.29, 0.717) is 17.2 Å². The van der Waals surface area contributed by atoms with Gasteiger partial charge in [-0.3, -0.25) is 0 Å². The Morgan fingerprint density at radius 1 is 1.33 bits per heavy atom. The molecule has 0 heterocycles. The molecule has 64 valence electrons. The molecule has 6 nitrogen and oxygen atoms in total. The van der Waals surface area contributed by atoms with Gasteiger partial charge in [0.05, 0.1) is 0 Å². The van der Waals surface area contributed by atoms with E-state index in [0.717, 1.165) is 0 Å². The average molecular weight is 248 g/mol.